The minimum atomic E-state index is -0.190. The summed E-state index contributed by atoms with van der Waals surface area (Å²) in [6, 6.07) is 5.68. The largest absolute Gasteiger partial charge is 0.384 e. The Labute approximate surface area is 123 Å². The topological polar surface area (TPSA) is 71.8 Å². The number of hydrogen-bond acceptors (Lipinski definition) is 4. The number of rotatable bonds is 3. The van der Waals surface area contributed by atoms with Gasteiger partial charge in [0.25, 0.3) is 5.91 Å². The third kappa shape index (κ3) is 2.61. The zero-order valence-corrected chi connectivity index (χ0v) is 12.3. The first-order valence-electron chi connectivity index (χ1n) is 7.17. The number of para-hydroxylation sites is 1. The smallest absolute Gasteiger partial charge is 0.253 e. The molecule has 0 spiro atoms. The Morgan fingerprint density at radius 1 is 1.48 bits per heavy atom. The van der Waals surface area contributed by atoms with Gasteiger partial charge in [0, 0.05) is 13.6 Å². The van der Waals surface area contributed by atoms with Gasteiger partial charge in [-0.2, -0.15) is 5.10 Å². The summed E-state index contributed by atoms with van der Waals surface area (Å²) in [5, 5.41) is 10.4. The summed E-state index contributed by atoms with van der Waals surface area (Å²) in [5.41, 5.74) is 2.87. The molecule has 0 bridgehead atoms. The molecule has 1 aliphatic rings. The number of fused-ring (bicyclic) bond motifs is 1. The molecule has 2 N–H and O–H groups in total. The van der Waals surface area contributed by atoms with Crippen molar-refractivity contribution >= 4 is 11.6 Å². The van der Waals surface area contributed by atoms with Crippen molar-refractivity contribution in [1.82, 2.24) is 20.1 Å². The van der Waals surface area contributed by atoms with Gasteiger partial charge in [0.2, 0.25) is 0 Å². The molecule has 1 aromatic carbocycles. The molecule has 2 aromatic rings. The standard InChI is InChI=1S/C15H19N5O/c1-10(14-17-9-18-20(14)2)19-15(21)12-7-3-5-11-6-4-8-16-13(11)12/h3,5,7,9-10,16H,4,6,8H2,1-2H3,(H,19,21)/t10-/m1/s1. The van der Waals surface area contributed by atoms with Crippen molar-refractivity contribution < 1.29 is 4.79 Å². The summed E-state index contributed by atoms with van der Waals surface area (Å²) in [4.78, 5) is 16.7. The second kappa shape index (κ2) is 5.55. The van der Waals surface area contributed by atoms with E-state index in [2.05, 4.69) is 26.8 Å². The van der Waals surface area contributed by atoms with Crippen molar-refractivity contribution in [1.29, 1.82) is 0 Å². The summed E-state index contributed by atoms with van der Waals surface area (Å²) in [5.74, 6) is 0.651. The van der Waals surface area contributed by atoms with E-state index >= 15 is 0 Å². The van der Waals surface area contributed by atoms with E-state index in [0.29, 0.717) is 5.56 Å². The number of anilines is 1. The van der Waals surface area contributed by atoms with Gasteiger partial charge in [-0.25, -0.2) is 4.98 Å². The lowest BCUT2D eigenvalue weighted by Crippen LogP contribution is -2.30. The van der Waals surface area contributed by atoms with Crippen molar-refractivity contribution in [3.63, 3.8) is 0 Å². The molecule has 0 unspecified atom stereocenters. The highest BCUT2D eigenvalue weighted by atomic mass is 16.1. The van der Waals surface area contributed by atoms with E-state index in [1.54, 1.807) is 4.68 Å². The van der Waals surface area contributed by atoms with Gasteiger partial charge in [-0.05, 0) is 31.4 Å². The predicted molar refractivity (Wildman–Crippen MR) is 80.1 cm³/mol. The third-order valence-electron chi connectivity index (χ3n) is 3.80. The van der Waals surface area contributed by atoms with Crippen LogP contribution in [0.2, 0.25) is 0 Å². The fourth-order valence-corrected chi connectivity index (χ4v) is 2.73. The van der Waals surface area contributed by atoms with Crippen molar-refractivity contribution in [2.75, 3.05) is 11.9 Å². The van der Waals surface area contributed by atoms with Crippen LogP contribution < -0.4 is 10.6 Å². The quantitative estimate of drug-likeness (QED) is 0.899. The zero-order chi connectivity index (χ0) is 14.8. The second-order valence-corrected chi connectivity index (χ2v) is 5.31. The Bertz CT molecular complexity index is 664. The molecule has 1 amide bonds. The molecule has 6 nitrogen and oxygen atoms in total. The maximum Gasteiger partial charge on any atom is 0.253 e. The second-order valence-electron chi connectivity index (χ2n) is 5.31. The van der Waals surface area contributed by atoms with E-state index in [1.807, 2.05) is 26.1 Å². The van der Waals surface area contributed by atoms with Crippen molar-refractivity contribution in [2.24, 2.45) is 7.05 Å². The van der Waals surface area contributed by atoms with Crippen LogP contribution in [0.15, 0.2) is 24.5 Å². The van der Waals surface area contributed by atoms with Crippen LogP contribution in [0, 0.1) is 0 Å². The number of hydrogen-bond donors (Lipinski definition) is 2. The maximum absolute atomic E-state index is 12.5. The first kappa shape index (κ1) is 13.6. The number of nitrogens with one attached hydrogen (secondary N) is 2. The van der Waals surface area contributed by atoms with E-state index in [4.69, 9.17) is 0 Å². The zero-order valence-electron chi connectivity index (χ0n) is 12.3. The van der Waals surface area contributed by atoms with E-state index in [-0.39, 0.29) is 11.9 Å². The Hall–Kier alpha value is -2.37. The molecule has 6 heteroatoms. The normalized spacial score (nSPS) is 15.0. The third-order valence-corrected chi connectivity index (χ3v) is 3.80. The first-order chi connectivity index (χ1) is 10.2. The highest BCUT2D eigenvalue weighted by Crippen LogP contribution is 2.26. The van der Waals surface area contributed by atoms with Crippen LogP contribution in [-0.2, 0) is 13.5 Å². The number of benzene rings is 1. The molecule has 0 fully saturated rings. The molecular formula is C15H19N5O. The Morgan fingerprint density at radius 3 is 3.10 bits per heavy atom. The highest BCUT2D eigenvalue weighted by Gasteiger charge is 2.20. The van der Waals surface area contributed by atoms with Crippen LogP contribution in [0.1, 0.15) is 41.1 Å². The average molecular weight is 285 g/mol. The van der Waals surface area contributed by atoms with E-state index in [1.165, 1.54) is 11.9 Å². The molecule has 21 heavy (non-hydrogen) atoms. The van der Waals surface area contributed by atoms with Gasteiger partial charge in [-0.1, -0.05) is 12.1 Å². The van der Waals surface area contributed by atoms with Gasteiger partial charge in [-0.15, -0.1) is 0 Å². The summed E-state index contributed by atoms with van der Waals surface area (Å²) in [6.07, 6.45) is 3.61. The van der Waals surface area contributed by atoms with Crippen molar-refractivity contribution in [3.05, 3.63) is 41.5 Å². The summed E-state index contributed by atoms with van der Waals surface area (Å²) in [7, 11) is 1.82. The molecule has 1 aromatic heterocycles. The first-order valence-corrected chi connectivity index (χ1v) is 7.17. The Kier molecular flexibility index (Phi) is 3.60. The van der Waals surface area contributed by atoms with Gasteiger partial charge in [0.15, 0.2) is 0 Å². The molecule has 2 heterocycles. The highest BCUT2D eigenvalue weighted by molar-refractivity contribution is 6.00. The molecule has 1 atom stereocenters. The average Bonchev–Trinajstić information content (AvgIpc) is 2.92. The van der Waals surface area contributed by atoms with E-state index in [0.717, 1.165) is 30.9 Å². The van der Waals surface area contributed by atoms with Crippen molar-refractivity contribution in [2.45, 2.75) is 25.8 Å². The lowest BCUT2D eigenvalue weighted by atomic mass is 9.99. The Balaban J connectivity index is 1.81. The van der Waals surface area contributed by atoms with Crippen molar-refractivity contribution in [3.8, 4) is 0 Å². The number of amides is 1. The Morgan fingerprint density at radius 2 is 2.33 bits per heavy atom. The number of carbonyl (C=O) groups excluding carboxylic acids is 1. The lowest BCUT2D eigenvalue weighted by Gasteiger charge is -2.21. The minimum Gasteiger partial charge on any atom is -0.384 e. The molecule has 0 radical (unpaired) electrons. The molecule has 110 valence electrons. The number of aryl methyl sites for hydroxylation is 2. The van der Waals surface area contributed by atoms with Gasteiger partial charge < -0.3 is 10.6 Å². The fraction of sp³-hybridized carbons (Fsp3) is 0.400. The molecule has 0 saturated carbocycles. The van der Waals surface area contributed by atoms with E-state index < -0.39 is 0 Å². The number of aromatic nitrogens is 3. The van der Waals surface area contributed by atoms with Crippen LogP contribution in [0.4, 0.5) is 5.69 Å². The van der Waals surface area contributed by atoms with Crippen LogP contribution >= 0.6 is 0 Å². The van der Waals surface area contributed by atoms with Gasteiger partial charge in [0.05, 0.1) is 17.3 Å². The molecule has 3 rings (SSSR count). The van der Waals surface area contributed by atoms with Crippen LogP contribution in [0.25, 0.3) is 0 Å². The summed E-state index contributed by atoms with van der Waals surface area (Å²) in [6.45, 7) is 2.82. The van der Waals surface area contributed by atoms with Crippen LogP contribution in [0.3, 0.4) is 0 Å². The SMILES string of the molecule is C[C@@H](NC(=O)c1cccc2c1NCCC2)c1ncnn1C. The number of carbonyl (C=O) groups is 1. The monoisotopic (exact) mass is 285 g/mol. The van der Waals surface area contributed by atoms with Crippen LogP contribution in [0.5, 0.6) is 0 Å². The minimum absolute atomic E-state index is 0.0863. The summed E-state index contributed by atoms with van der Waals surface area (Å²) < 4.78 is 1.67. The maximum atomic E-state index is 12.5. The molecule has 0 saturated heterocycles. The molecule has 1 aliphatic heterocycles. The van der Waals surface area contributed by atoms with Gasteiger partial charge in [-0.3, -0.25) is 9.48 Å². The lowest BCUT2D eigenvalue weighted by molar-refractivity contribution is 0.0938. The molecule has 0 aliphatic carbocycles. The van der Waals surface area contributed by atoms with Gasteiger partial charge in [0.1, 0.15) is 12.2 Å². The van der Waals surface area contributed by atoms with Gasteiger partial charge >= 0.3 is 0 Å². The number of nitrogens with zero attached hydrogens (tertiary/aromatic N) is 3. The fourth-order valence-electron chi connectivity index (χ4n) is 2.73. The molecular weight excluding hydrogens is 266 g/mol. The summed E-state index contributed by atoms with van der Waals surface area (Å²) >= 11 is 0. The predicted octanol–water partition coefficient (Wildman–Crippen LogP) is 1.66. The van der Waals surface area contributed by atoms with E-state index in [9.17, 15) is 4.79 Å². The van der Waals surface area contributed by atoms with Crippen LogP contribution in [-0.4, -0.2) is 27.2 Å².